The highest BCUT2D eigenvalue weighted by molar-refractivity contribution is 5.96. The molecule has 0 aliphatic carbocycles. The van der Waals surface area contributed by atoms with Crippen LogP contribution in [-0.4, -0.2) is 30.6 Å². The summed E-state index contributed by atoms with van der Waals surface area (Å²) >= 11 is 0. The normalized spacial score (nSPS) is 12.8. The highest BCUT2D eigenvalue weighted by atomic mass is 16.5. The molecule has 1 heterocycles. The van der Waals surface area contributed by atoms with Gasteiger partial charge < -0.3 is 14.7 Å². The number of fused-ring (bicyclic) bond motifs is 1. The van der Waals surface area contributed by atoms with Gasteiger partial charge in [-0.05, 0) is 48.2 Å². The van der Waals surface area contributed by atoms with Gasteiger partial charge in [-0.15, -0.1) is 0 Å². The number of aryl methyl sites for hydroxylation is 1. The molecule has 0 aromatic heterocycles. The lowest BCUT2D eigenvalue weighted by Gasteiger charge is -2.18. The number of hydrogen-bond donors (Lipinski definition) is 1. The first-order valence-electron chi connectivity index (χ1n) is 7.88. The van der Waals surface area contributed by atoms with Crippen molar-refractivity contribution in [2.45, 2.75) is 19.3 Å². The molecule has 5 nitrogen and oxygen atoms in total. The number of ether oxygens (including phenoxy) is 1. The van der Waals surface area contributed by atoms with Crippen molar-refractivity contribution in [3.8, 4) is 5.75 Å². The second kappa shape index (κ2) is 6.74. The zero-order valence-electron chi connectivity index (χ0n) is 13.5. The summed E-state index contributed by atoms with van der Waals surface area (Å²) in [4.78, 5) is 25.6. The van der Waals surface area contributed by atoms with E-state index in [-0.39, 0.29) is 17.9 Å². The van der Waals surface area contributed by atoms with Gasteiger partial charge in [-0.3, -0.25) is 4.79 Å². The van der Waals surface area contributed by atoms with Crippen LogP contribution in [-0.2, 0) is 17.6 Å². The number of rotatable bonds is 5. The average molecular weight is 325 g/mol. The Morgan fingerprint density at radius 3 is 2.75 bits per heavy atom. The fraction of sp³-hybridized carbons (Fsp3) is 0.263. The molecule has 0 saturated carbocycles. The fourth-order valence-electron chi connectivity index (χ4n) is 3.09. The first-order chi connectivity index (χ1) is 11.6. The van der Waals surface area contributed by atoms with E-state index in [1.807, 2.05) is 18.2 Å². The summed E-state index contributed by atoms with van der Waals surface area (Å²) in [5.41, 5.74) is 2.98. The van der Waals surface area contributed by atoms with Gasteiger partial charge in [-0.1, -0.05) is 18.2 Å². The summed E-state index contributed by atoms with van der Waals surface area (Å²) in [6.45, 7) is 0.655. The summed E-state index contributed by atoms with van der Waals surface area (Å²) in [5, 5.41) is 9.21. The van der Waals surface area contributed by atoms with Crippen LogP contribution in [0.2, 0.25) is 0 Å². The lowest BCUT2D eigenvalue weighted by atomic mass is 10.0. The van der Waals surface area contributed by atoms with E-state index in [0.717, 1.165) is 23.4 Å². The van der Waals surface area contributed by atoms with Gasteiger partial charge in [0.1, 0.15) is 5.75 Å². The number of benzene rings is 2. The van der Waals surface area contributed by atoms with Crippen LogP contribution in [0.3, 0.4) is 0 Å². The fourth-order valence-corrected chi connectivity index (χ4v) is 3.09. The third-order valence-corrected chi connectivity index (χ3v) is 4.34. The molecule has 24 heavy (non-hydrogen) atoms. The van der Waals surface area contributed by atoms with Gasteiger partial charge in [-0.25, -0.2) is 4.79 Å². The topological polar surface area (TPSA) is 66.8 Å². The number of carbonyl (C=O) groups excluding carboxylic acids is 1. The molecular formula is C19H19NO4. The Morgan fingerprint density at radius 2 is 2.00 bits per heavy atom. The van der Waals surface area contributed by atoms with Crippen LogP contribution in [0, 0.1) is 0 Å². The van der Waals surface area contributed by atoms with Crippen LogP contribution in [0.15, 0.2) is 42.5 Å². The van der Waals surface area contributed by atoms with E-state index in [1.165, 1.54) is 0 Å². The minimum atomic E-state index is -0.961. The highest BCUT2D eigenvalue weighted by Crippen LogP contribution is 2.31. The number of anilines is 1. The smallest absolute Gasteiger partial charge is 0.335 e. The maximum atomic E-state index is 12.6. The van der Waals surface area contributed by atoms with Crippen molar-refractivity contribution < 1.29 is 19.4 Å². The minimum Gasteiger partial charge on any atom is -0.497 e. The highest BCUT2D eigenvalue weighted by Gasteiger charge is 2.25. The Hall–Kier alpha value is -2.82. The van der Waals surface area contributed by atoms with E-state index in [9.17, 15) is 14.7 Å². The summed E-state index contributed by atoms with van der Waals surface area (Å²) in [7, 11) is 1.62. The summed E-state index contributed by atoms with van der Waals surface area (Å²) < 4.78 is 5.22. The van der Waals surface area contributed by atoms with Crippen molar-refractivity contribution in [2.24, 2.45) is 0 Å². The third-order valence-electron chi connectivity index (χ3n) is 4.34. The molecule has 1 aliphatic heterocycles. The molecule has 124 valence electrons. The van der Waals surface area contributed by atoms with Crippen molar-refractivity contribution in [3.05, 3.63) is 59.2 Å². The molecular weight excluding hydrogens is 306 g/mol. The number of hydrogen-bond acceptors (Lipinski definition) is 3. The van der Waals surface area contributed by atoms with Crippen molar-refractivity contribution >= 4 is 17.6 Å². The number of nitrogens with zero attached hydrogens (tertiary/aromatic N) is 1. The Labute approximate surface area is 140 Å². The summed E-state index contributed by atoms with van der Waals surface area (Å²) in [6, 6.07) is 12.5. The van der Waals surface area contributed by atoms with Crippen LogP contribution in [0.25, 0.3) is 0 Å². The van der Waals surface area contributed by atoms with Gasteiger partial charge in [0.05, 0.1) is 12.7 Å². The number of carbonyl (C=O) groups is 2. The SMILES string of the molecule is COc1ccc2c(c1)CCN2C(=O)CCc1ccccc1C(=O)O. The van der Waals surface area contributed by atoms with Gasteiger partial charge in [0.25, 0.3) is 0 Å². The average Bonchev–Trinajstić information content (AvgIpc) is 3.02. The minimum absolute atomic E-state index is 0.0131. The second-order valence-electron chi connectivity index (χ2n) is 5.75. The lowest BCUT2D eigenvalue weighted by Crippen LogP contribution is -2.29. The number of methoxy groups -OCH3 is 1. The van der Waals surface area contributed by atoms with Crippen LogP contribution in [0.4, 0.5) is 5.69 Å². The van der Waals surface area contributed by atoms with Crippen LogP contribution >= 0.6 is 0 Å². The number of aromatic carboxylic acids is 1. The maximum Gasteiger partial charge on any atom is 0.335 e. The molecule has 2 aromatic carbocycles. The van der Waals surface area contributed by atoms with Gasteiger partial charge in [-0.2, -0.15) is 0 Å². The van der Waals surface area contributed by atoms with Crippen LogP contribution < -0.4 is 9.64 Å². The molecule has 0 atom stereocenters. The van der Waals surface area contributed by atoms with E-state index in [2.05, 4.69) is 0 Å². The second-order valence-corrected chi connectivity index (χ2v) is 5.75. The number of amides is 1. The molecule has 0 unspecified atom stereocenters. The van der Waals surface area contributed by atoms with Gasteiger partial charge in [0, 0.05) is 18.7 Å². The Kier molecular flexibility index (Phi) is 4.51. The zero-order chi connectivity index (χ0) is 17.1. The van der Waals surface area contributed by atoms with Crippen LogP contribution in [0.1, 0.15) is 27.9 Å². The lowest BCUT2D eigenvalue weighted by molar-refractivity contribution is -0.118. The summed E-state index contributed by atoms with van der Waals surface area (Å²) in [6.07, 6.45) is 1.52. The Morgan fingerprint density at radius 1 is 1.21 bits per heavy atom. The van der Waals surface area contributed by atoms with Gasteiger partial charge in [0.15, 0.2) is 0 Å². The van der Waals surface area contributed by atoms with Crippen molar-refractivity contribution in [1.29, 1.82) is 0 Å². The predicted octanol–water partition coefficient (Wildman–Crippen LogP) is 2.92. The van der Waals surface area contributed by atoms with E-state index in [4.69, 9.17) is 4.74 Å². The largest absolute Gasteiger partial charge is 0.497 e. The molecule has 3 rings (SSSR count). The van der Waals surface area contributed by atoms with Crippen LogP contribution in [0.5, 0.6) is 5.75 Å². The quantitative estimate of drug-likeness (QED) is 0.918. The van der Waals surface area contributed by atoms with Crippen molar-refractivity contribution in [3.63, 3.8) is 0 Å². The van der Waals surface area contributed by atoms with Gasteiger partial charge in [0.2, 0.25) is 5.91 Å². The Bertz CT molecular complexity index is 785. The van der Waals surface area contributed by atoms with E-state index >= 15 is 0 Å². The van der Waals surface area contributed by atoms with Crippen molar-refractivity contribution in [2.75, 3.05) is 18.6 Å². The first kappa shape index (κ1) is 16.1. The summed E-state index contributed by atoms with van der Waals surface area (Å²) in [5.74, 6) is -0.158. The number of carboxylic acid groups (broad SMARTS) is 1. The molecule has 1 amide bonds. The zero-order valence-corrected chi connectivity index (χ0v) is 13.5. The molecule has 1 N–H and O–H groups in total. The molecule has 0 bridgehead atoms. The molecule has 0 saturated heterocycles. The third kappa shape index (κ3) is 3.11. The van der Waals surface area contributed by atoms with Gasteiger partial charge >= 0.3 is 5.97 Å². The molecule has 2 aromatic rings. The molecule has 5 heteroatoms. The molecule has 1 aliphatic rings. The van der Waals surface area contributed by atoms with E-state index < -0.39 is 5.97 Å². The molecule has 0 fully saturated rings. The molecule has 0 radical (unpaired) electrons. The Balaban J connectivity index is 1.71. The maximum absolute atomic E-state index is 12.6. The standard InChI is InChI=1S/C19H19NO4/c1-24-15-7-8-17-14(12-15)10-11-20(17)18(21)9-6-13-4-2-3-5-16(13)19(22)23/h2-5,7-8,12H,6,9-11H2,1H3,(H,22,23). The predicted molar refractivity (Wildman–Crippen MR) is 90.8 cm³/mol. The molecule has 0 spiro atoms. The number of carboxylic acids is 1. The van der Waals surface area contributed by atoms with Crippen molar-refractivity contribution in [1.82, 2.24) is 0 Å². The first-order valence-corrected chi connectivity index (χ1v) is 7.88. The van der Waals surface area contributed by atoms with E-state index in [1.54, 1.807) is 36.3 Å². The van der Waals surface area contributed by atoms with E-state index in [0.29, 0.717) is 18.5 Å². The monoisotopic (exact) mass is 325 g/mol.